The number of carboxylic acid groups (broad SMARTS) is 1. The molecule has 132 valence electrons. The lowest BCUT2D eigenvalue weighted by Gasteiger charge is -2.27. The number of carboxylic acids is 1. The van der Waals surface area contributed by atoms with Gasteiger partial charge in [0, 0.05) is 26.2 Å². The summed E-state index contributed by atoms with van der Waals surface area (Å²) < 4.78 is 5.29. The molecule has 0 saturated carbocycles. The van der Waals surface area contributed by atoms with Crippen molar-refractivity contribution in [3.05, 3.63) is 35.4 Å². The molecule has 24 heavy (non-hydrogen) atoms. The van der Waals surface area contributed by atoms with E-state index in [9.17, 15) is 14.7 Å². The van der Waals surface area contributed by atoms with Crippen LogP contribution in [-0.2, 0) is 14.3 Å². The lowest BCUT2D eigenvalue weighted by atomic mass is 9.86. The van der Waals surface area contributed by atoms with E-state index in [0.29, 0.717) is 19.6 Å². The number of hydrogen-bond acceptors (Lipinski definition) is 3. The second kappa shape index (κ2) is 8.83. The predicted molar refractivity (Wildman–Crippen MR) is 91.9 cm³/mol. The summed E-state index contributed by atoms with van der Waals surface area (Å²) in [6.07, 6.45) is 1.85. The highest BCUT2D eigenvalue weighted by Gasteiger charge is 2.30. The number of aryl methyl sites for hydroxylation is 1. The molecule has 1 amide bonds. The summed E-state index contributed by atoms with van der Waals surface area (Å²) in [5.74, 6) is -1.28. The lowest BCUT2D eigenvalue weighted by molar-refractivity contribution is -0.145. The molecule has 0 aliphatic carbocycles. The number of rotatable bonds is 7. The van der Waals surface area contributed by atoms with Gasteiger partial charge in [0.15, 0.2) is 0 Å². The zero-order chi connectivity index (χ0) is 17.5. The third-order valence-corrected chi connectivity index (χ3v) is 4.88. The molecule has 2 rings (SSSR count). The van der Waals surface area contributed by atoms with Crippen LogP contribution in [0.2, 0.25) is 0 Å². The molecule has 2 unspecified atom stereocenters. The fraction of sp³-hybridized carbons (Fsp3) is 0.579. The van der Waals surface area contributed by atoms with Gasteiger partial charge in [-0.2, -0.15) is 0 Å². The smallest absolute Gasteiger partial charge is 0.308 e. The minimum Gasteiger partial charge on any atom is -0.481 e. The molecule has 1 aromatic rings. The van der Waals surface area contributed by atoms with Gasteiger partial charge in [-0.1, -0.05) is 31.2 Å². The maximum atomic E-state index is 12.2. The monoisotopic (exact) mass is 333 g/mol. The molecule has 2 N–H and O–H groups in total. The molecular weight excluding hydrogens is 306 g/mol. The molecule has 1 aromatic carbocycles. The molecule has 0 bridgehead atoms. The van der Waals surface area contributed by atoms with E-state index in [4.69, 9.17) is 4.74 Å². The first-order chi connectivity index (χ1) is 11.5. The highest BCUT2D eigenvalue weighted by Crippen LogP contribution is 2.25. The van der Waals surface area contributed by atoms with Crippen molar-refractivity contribution in [3.63, 3.8) is 0 Å². The van der Waals surface area contributed by atoms with Crippen molar-refractivity contribution < 1.29 is 19.4 Å². The maximum Gasteiger partial charge on any atom is 0.308 e. The van der Waals surface area contributed by atoms with Gasteiger partial charge in [0.1, 0.15) is 0 Å². The van der Waals surface area contributed by atoms with Crippen LogP contribution in [0.3, 0.4) is 0 Å². The number of nitrogens with one attached hydrogen (secondary N) is 1. The van der Waals surface area contributed by atoms with E-state index in [1.807, 2.05) is 38.1 Å². The zero-order valence-corrected chi connectivity index (χ0v) is 14.5. The predicted octanol–water partition coefficient (Wildman–Crippen LogP) is 2.73. The number of aliphatic carboxylic acids is 1. The summed E-state index contributed by atoms with van der Waals surface area (Å²) in [6.45, 7) is 5.46. The Morgan fingerprint density at radius 3 is 2.58 bits per heavy atom. The quantitative estimate of drug-likeness (QED) is 0.804. The van der Waals surface area contributed by atoms with Crippen LogP contribution in [0.25, 0.3) is 0 Å². The average molecular weight is 333 g/mol. The molecule has 1 heterocycles. The molecule has 1 saturated heterocycles. The molecule has 0 spiro atoms. The largest absolute Gasteiger partial charge is 0.481 e. The minimum atomic E-state index is -0.839. The number of ether oxygens (including phenoxy) is 1. The van der Waals surface area contributed by atoms with Crippen LogP contribution in [0.4, 0.5) is 0 Å². The number of amides is 1. The molecule has 1 fully saturated rings. The van der Waals surface area contributed by atoms with Crippen LogP contribution >= 0.6 is 0 Å². The molecule has 2 atom stereocenters. The second-order valence-electron chi connectivity index (χ2n) is 6.66. The SMILES string of the molecule is Cc1ccccc1C(C)CC(=O)NCC(C(=O)O)C1CCOCC1. The van der Waals surface area contributed by atoms with Gasteiger partial charge in [-0.25, -0.2) is 0 Å². The normalized spacial score (nSPS) is 17.9. The summed E-state index contributed by atoms with van der Waals surface area (Å²) in [5.41, 5.74) is 2.33. The number of carbonyl (C=O) groups is 2. The van der Waals surface area contributed by atoms with Crippen molar-refractivity contribution in [1.82, 2.24) is 5.32 Å². The maximum absolute atomic E-state index is 12.2. The van der Waals surface area contributed by atoms with Gasteiger partial charge in [0.2, 0.25) is 5.91 Å². The summed E-state index contributed by atoms with van der Waals surface area (Å²) in [4.78, 5) is 23.7. The molecule has 5 nitrogen and oxygen atoms in total. The average Bonchev–Trinajstić information content (AvgIpc) is 2.56. The van der Waals surface area contributed by atoms with Crippen molar-refractivity contribution >= 4 is 11.9 Å². The highest BCUT2D eigenvalue weighted by atomic mass is 16.5. The Labute approximate surface area is 143 Å². The van der Waals surface area contributed by atoms with Crippen LogP contribution in [0, 0.1) is 18.8 Å². The Morgan fingerprint density at radius 2 is 1.96 bits per heavy atom. The fourth-order valence-electron chi connectivity index (χ4n) is 3.40. The number of benzene rings is 1. The first-order valence-corrected chi connectivity index (χ1v) is 8.61. The van der Waals surface area contributed by atoms with Crippen molar-refractivity contribution in [2.45, 2.75) is 39.0 Å². The van der Waals surface area contributed by atoms with Gasteiger partial charge >= 0.3 is 5.97 Å². The van der Waals surface area contributed by atoms with Gasteiger partial charge in [-0.3, -0.25) is 9.59 Å². The summed E-state index contributed by atoms with van der Waals surface area (Å²) in [6, 6.07) is 8.03. The van der Waals surface area contributed by atoms with E-state index in [1.165, 1.54) is 5.56 Å². The van der Waals surface area contributed by atoms with E-state index < -0.39 is 11.9 Å². The fourth-order valence-corrected chi connectivity index (χ4v) is 3.40. The molecule has 5 heteroatoms. The van der Waals surface area contributed by atoms with E-state index >= 15 is 0 Å². The van der Waals surface area contributed by atoms with Gasteiger partial charge in [0.25, 0.3) is 0 Å². The Hall–Kier alpha value is -1.88. The van der Waals surface area contributed by atoms with E-state index in [-0.39, 0.29) is 24.3 Å². The molecule has 0 radical (unpaired) electrons. The van der Waals surface area contributed by atoms with Crippen LogP contribution < -0.4 is 5.32 Å². The lowest BCUT2D eigenvalue weighted by Crippen LogP contribution is -2.39. The molecule has 1 aliphatic rings. The van der Waals surface area contributed by atoms with E-state index in [1.54, 1.807) is 0 Å². The second-order valence-corrected chi connectivity index (χ2v) is 6.66. The highest BCUT2D eigenvalue weighted by molar-refractivity contribution is 5.78. The molecule has 0 aromatic heterocycles. The zero-order valence-electron chi connectivity index (χ0n) is 14.5. The van der Waals surface area contributed by atoms with Crippen LogP contribution in [0.1, 0.15) is 43.2 Å². The van der Waals surface area contributed by atoms with E-state index in [0.717, 1.165) is 18.4 Å². The Morgan fingerprint density at radius 1 is 1.29 bits per heavy atom. The van der Waals surface area contributed by atoms with Crippen molar-refractivity contribution in [2.75, 3.05) is 19.8 Å². The van der Waals surface area contributed by atoms with Gasteiger partial charge in [-0.15, -0.1) is 0 Å². The standard InChI is InChI=1S/C19H27NO4/c1-13-5-3-4-6-16(13)14(2)11-18(21)20-12-17(19(22)23)15-7-9-24-10-8-15/h3-6,14-15,17H,7-12H2,1-2H3,(H,20,21)(H,22,23). The van der Waals surface area contributed by atoms with Crippen molar-refractivity contribution in [3.8, 4) is 0 Å². The first-order valence-electron chi connectivity index (χ1n) is 8.61. The van der Waals surface area contributed by atoms with Gasteiger partial charge < -0.3 is 15.2 Å². The third-order valence-electron chi connectivity index (χ3n) is 4.88. The first kappa shape index (κ1) is 18.5. The van der Waals surface area contributed by atoms with Crippen molar-refractivity contribution in [1.29, 1.82) is 0 Å². The van der Waals surface area contributed by atoms with Crippen molar-refractivity contribution in [2.24, 2.45) is 11.8 Å². The summed E-state index contributed by atoms with van der Waals surface area (Å²) >= 11 is 0. The minimum absolute atomic E-state index is 0.0744. The Bertz CT molecular complexity index is 566. The topological polar surface area (TPSA) is 75.6 Å². The van der Waals surface area contributed by atoms with Crippen LogP contribution in [-0.4, -0.2) is 36.7 Å². The molecule has 1 aliphatic heterocycles. The third kappa shape index (κ3) is 5.06. The Balaban J connectivity index is 1.86. The molecular formula is C19H27NO4. The van der Waals surface area contributed by atoms with E-state index in [2.05, 4.69) is 5.32 Å². The Kier molecular flexibility index (Phi) is 6.79. The summed E-state index contributed by atoms with van der Waals surface area (Å²) in [5, 5.41) is 12.3. The number of hydrogen-bond donors (Lipinski definition) is 2. The van der Waals surface area contributed by atoms with Gasteiger partial charge in [-0.05, 0) is 42.7 Å². The number of carbonyl (C=O) groups excluding carboxylic acids is 1. The summed E-state index contributed by atoms with van der Waals surface area (Å²) in [7, 11) is 0. The van der Waals surface area contributed by atoms with Crippen LogP contribution in [0.5, 0.6) is 0 Å². The van der Waals surface area contributed by atoms with Gasteiger partial charge in [0.05, 0.1) is 5.92 Å². The van der Waals surface area contributed by atoms with Crippen LogP contribution in [0.15, 0.2) is 24.3 Å².